The van der Waals surface area contributed by atoms with Crippen LogP contribution in [0.25, 0.3) is 5.57 Å². The van der Waals surface area contributed by atoms with E-state index in [-0.39, 0.29) is 6.61 Å². The molecule has 6 nitrogen and oxygen atoms in total. The normalized spacial score (nSPS) is 18.3. The van der Waals surface area contributed by atoms with Crippen LogP contribution in [0.3, 0.4) is 0 Å². The third kappa shape index (κ3) is 5.89. The molecule has 2 aromatic carbocycles. The van der Waals surface area contributed by atoms with Gasteiger partial charge >= 0.3 is 0 Å². The van der Waals surface area contributed by atoms with Crippen molar-refractivity contribution in [3.8, 4) is 11.5 Å². The summed E-state index contributed by atoms with van der Waals surface area (Å²) in [4.78, 5) is 6.98. The van der Waals surface area contributed by atoms with Crippen molar-refractivity contribution in [2.75, 3.05) is 26.2 Å². The molecule has 3 heterocycles. The number of benzene rings is 2. The monoisotopic (exact) mass is 534 g/mol. The van der Waals surface area contributed by atoms with Crippen LogP contribution in [0.1, 0.15) is 55.5 Å². The lowest BCUT2D eigenvalue weighted by Crippen LogP contribution is -2.42. The lowest BCUT2D eigenvalue weighted by Gasteiger charge is -2.38. The summed E-state index contributed by atoms with van der Waals surface area (Å²) in [5.41, 5.74) is 3.43. The number of ether oxygens (including phenoxy) is 2. The molecule has 0 saturated carbocycles. The van der Waals surface area contributed by atoms with E-state index in [9.17, 15) is 10.2 Å². The van der Waals surface area contributed by atoms with E-state index in [4.69, 9.17) is 21.1 Å². The molecule has 2 aliphatic rings. The molecule has 0 spiro atoms. The Balaban J connectivity index is 1.34. The van der Waals surface area contributed by atoms with Crippen LogP contribution in [-0.4, -0.2) is 51.9 Å². The molecule has 1 fully saturated rings. The zero-order valence-electron chi connectivity index (χ0n) is 22.0. The van der Waals surface area contributed by atoms with Crippen molar-refractivity contribution in [2.24, 2.45) is 0 Å². The Morgan fingerprint density at radius 1 is 1.11 bits per heavy atom. The third-order valence-corrected chi connectivity index (χ3v) is 7.67. The Labute approximate surface area is 229 Å². The quantitative estimate of drug-likeness (QED) is 0.412. The molecule has 2 aliphatic heterocycles. The van der Waals surface area contributed by atoms with E-state index < -0.39 is 11.2 Å². The van der Waals surface area contributed by atoms with Crippen LogP contribution in [0.5, 0.6) is 11.5 Å². The summed E-state index contributed by atoms with van der Waals surface area (Å²) < 4.78 is 12.2. The average Bonchev–Trinajstić information content (AvgIpc) is 3.07. The number of likely N-dealkylation sites (tertiary alicyclic amines) is 1. The maximum absolute atomic E-state index is 11.2. The molecule has 7 heteroatoms. The van der Waals surface area contributed by atoms with E-state index in [1.54, 1.807) is 6.20 Å². The highest BCUT2D eigenvalue weighted by Gasteiger charge is 2.33. The number of aliphatic hydroxyl groups is 2. The second kappa shape index (κ2) is 11.1. The molecule has 38 heavy (non-hydrogen) atoms. The topological polar surface area (TPSA) is 75.1 Å². The van der Waals surface area contributed by atoms with E-state index in [1.165, 1.54) is 0 Å². The number of fused-ring (bicyclic) bond motifs is 2. The number of pyridine rings is 1. The molecule has 0 atom stereocenters. The summed E-state index contributed by atoms with van der Waals surface area (Å²) in [5, 5.41) is 21.6. The van der Waals surface area contributed by atoms with Crippen LogP contribution in [0.4, 0.5) is 0 Å². The Kier molecular flexibility index (Phi) is 7.78. The van der Waals surface area contributed by atoms with Gasteiger partial charge in [-0.15, -0.1) is 0 Å². The molecule has 0 bridgehead atoms. The standard InChI is InChI=1S/C31H35ClN2O4/c1-30(2,21-35)38-24-11-12-29-27(19-24)25(26-5-3-15-33-28(26)20-37-29)6-4-16-34-17-13-31(36,14-18-34)22-7-9-23(32)10-8-22/h3,5-12,15,19,35-36H,4,13-14,16-18,20-21H2,1-2H3/b25-6+. The third-order valence-electron chi connectivity index (χ3n) is 7.42. The molecule has 0 aliphatic carbocycles. The van der Waals surface area contributed by atoms with Crippen molar-refractivity contribution in [1.82, 2.24) is 9.88 Å². The zero-order valence-corrected chi connectivity index (χ0v) is 22.7. The number of aromatic nitrogens is 1. The highest BCUT2D eigenvalue weighted by atomic mass is 35.5. The smallest absolute Gasteiger partial charge is 0.131 e. The summed E-state index contributed by atoms with van der Waals surface area (Å²) in [7, 11) is 0. The van der Waals surface area contributed by atoms with Crippen LogP contribution in [-0.2, 0) is 12.2 Å². The van der Waals surface area contributed by atoms with Crippen LogP contribution in [0.2, 0.25) is 5.02 Å². The predicted octanol–water partition coefficient (Wildman–Crippen LogP) is 5.58. The molecular weight excluding hydrogens is 500 g/mol. The Bertz CT molecular complexity index is 1300. The van der Waals surface area contributed by atoms with Crippen LogP contribution in [0.15, 0.2) is 66.9 Å². The molecule has 0 unspecified atom stereocenters. The summed E-state index contributed by atoms with van der Waals surface area (Å²) in [6.45, 7) is 6.58. The number of halogens is 1. The van der Waals surface area contributed by atoms with Gasteiger partial charge in [0.1, 0.15) is 23.7 Å². The molecule has 1 aromatic heterocycles. The first kappa shape index (κ1) is 26.7. The molecule has 3 aromatic rings. The minimum atomic E-state index is -0.805. The average molecular weight is 535 g/mol. The predicted molar refractivity (Wildman–Crippen MR) is 150 cm³/mol. The first-order valence-electron chi connectivity index (χ1n) is 13.2. The molecule has 1 saturated heterocycles. The van der Waals surface area contributed by atoms with Gasteiger partial charge in [0.05, 0.1) is 17.9 Å². The number of aliphatic hydroxyl groups excluding tert-OH is 1. The Morgan fingerprint density at radius 3 is 2.61 bits per heavy atom. The maximum Gasteiger partial charge on any atom is 0.131 e. The van der Waals surface area contributed by atoms with E-state index >= 15 is 0 Å². The summed E-state index contributed by atoms with van der Waals surface area (Å²) >= 11 is 6.03. The van der Waals surface area contributed by atoms with Crippen LogP contribution >= 0.6 is 11.6 Å². The number of hydrogen-bond donors (Lipinski definition) is 2. The Hall–Kier alpha value is -2.90. The van der Waals surface area contributed by atoms with Crippen molar-refractivity contribution >= 4 is 17.2 Å². The minimum absolute atomic E-state index is 0.0843. The Morgan fingerprint density at radius 2 is 1.87 bits per heavy atom. The number of piperidine rings is 1. The molecule has 5 rings (SSSR count). The SMILES string of the molecule is CC(C)(CO)Oc1ccc2c(c1)/C(=C/CCN1CCC(O)(c3ccc(Cl)cc3)CC1)c1cccnc1CO2. The second-order valence-corrected chi connectivity index (χ2v) is 11.2. The van der Waals surface area contributed by atoms with Gasteiger partial charge in [-0.25, -0.2) is 0 Å². The van der Waals surface area contributed by atoms with E-state index in [1.807, 2.05) is 62.4 Å². The first-order chi connectivity index (χ1) is 18.3. The molecule has 2 N–H and O–H groups in total. The number of rotatable bonds is 7. The second-order valence-electron chi connectivity index (χ2n) is 10.8. The van der Waals surface area contributed by atoms with Gasteiger partial charge in [-0.05, 0) is 80.6 Å². The van der Waals surface area contributed by atoms with E-state index in [2.05, 4.69) is 22.0 Å². The van der Waals surface area contributed by atoms with Crippen molar-refractivity contribution in [2.45, 2.75) is 50.9 Å². The molecule has 0 amide bonds. The molecule has 200 valence electrons. The summed E-state index contributed by atoms with van der Waals surface area (Å²) in [5.74, 6) is 1.47. The fourth-order valence-corrected chi connectivity index (χ4v) is 5.28. The van der Waals surface area contributed by atoms with Crippen LogP contribution < -0.4 is 9.47 Å². The van der Waals surface area contributed by atoms with Gasteiger partial charge in [-0.2, -0.15) is 0 Å². The fraction of sp³-hybridized carbons (Fsp3) is 0.387. The van der Waals surface area contributed by atoms with Gasteiger partial charge in [-0.1, -0.05) is 35.9 Å². The van der Waals surface area contributed by atoms with E-state index in [0.717, 1.165) is 59.8 Å². The van der Waals surface area contributed by atoms with E-state index in [0.29, 0.717) is 30.2 Å². The summed E-state index contributed by atoms with van der Waals surface area (Å²) in [6, 6.07) is 17.4. The number of nitrogens with zero attached hydrogens (tertiary/aromatic N) is 2. The zero-order chi connectivity index (χ0) is 26.8. The van der Waals surface area contributed by atoms with Gasteiger partial charge in [0, 0.05) is 42.0 Å². The van der Waals surface area contributed by atoms with Gasteiger partial charge in [0.2, 0.25) is 0 Å². The highest BCUT2D eigenvalue weighted by molar-refractivity contribution is 6.30. The van der Waals surface area contributed by atoms with Crippen molar-refractivity contribution in [3.63, 3.8) is 0 Å². The van der Waals surface area contributed by atoms with Crippen molar-refractivity contribution < 1.29 is 19.7 Å². The molecule has 0 radical (unpaired) electrons. The van der Waals surface area contributed by atoms with Crippen LogP contribution in [0, 0.1) is 0 Å². The largest absolute Gasteiger partial charge is 0.487 e. The molecular formula is C31H35ClN2O4. The lowest BCUT2D eigenvalue weighted by atomic mass is 9.84. The highest BCUT2D eigenvalue weighted by Crippen LogP contribution is 2.39. The lowest BCUT2D eigenvalue weighted by molar-refractivity contribution is -0.0254. The maximum atomic E-state index is 11.2. The van der Waals surface area contributed by atoms with Crippen molar-refractivity contribution in [3.05, 3.63) is 94.3 Å². The minimum Gasteiger partial charge on any atom is -0.487 e. The van der Waals surface area contributed by atoms with Crippen molar-refractivity contribution in [1.29, 1.82) is 0 Å². The fourth-order valence-electron chi connectivity index (χ4n) is 5.16. The van der Waals surface area contributed by atoms with Gasteiger partial charge in [-0.3, -0.25) is 4.98 Å². The van der Waals surface area contributed by atoms with Gasteiger partial charge in [0.25, 0.3) is 0 Å². The first-order valence-corrected chi connectivity index (χ1v) is 13.6. The van der Waals surface area contributed by atoms with Gasteiger partial charge in [0.15, 0.2) is 0 Å². The van der Waals surface area contributed by atoms with Gasteiger partial charge < -0.3 is 24.6 Å². The number of hydrogen-bond acceptors (Lipinski definition) is 6. The summed E-state index contributed by atoms with van der Waals surface area (Å²) in [6.07, 6.45) is 6.28.